The minimum absolute atomic E-state index is 0.0261. The van der Waals surface area contributed by atoms with E-state index < -0.39 is 23.4 Å². The first-order valence-electron chi connectivity index (χ1n) is 15.3. The molecule has 3 fully saturated rings. The number of urea groups is 1. The minimum Gasteiger partial charge on any atom is -0.444 e. The maximum atomic E-state index is 13.3. The Labute approximate surface area is 263 Å². The van der Waals surface area contributed by atoms with Gasteiger partial charge in [-0.1, -0.05) is 30.3 Å². The maximum Gasteiger partial charge on any atom is 0.435 e. The Morgan fingerprint density at radius 2 is 1.69 bits per heavy atom. The van der Waals surface area contributed by atoms with Gasteiger partial charge >= 0.3 is 18.2 Å². The highest BCUT2D eigenvalue weighted by atomic mass is 16.7. The van der Waals surface area contributed by atoms with Crippen LogP contribution in [-0.4, -0.2) is 96.9 Å². The van der Waals surface area contributed by atoms with E-state index in [2.05, 4.69) is 15.2 Å². The normalized spacial score (nSPS) is 20.7. The van der Waals surface area contributed by atoms with Gasteiger partial charge in [-0.3, -0.25) is 9.74 Å². The van der Waals surface area contributed by atoms with Gasteiger partial charge < -0.3 is 23.7 Å². The van der Waals surface area contributed by atoms with E-state index in [0.29, 0.717) is 44.4 Å². The van der Waals surface area contributed by atoms with Crippen LogP contribution in [0.5, 0.6) is 0 Å². The van der Waals surface area contributed by atoms with E-state index in [1.54, 1.807) is 58.3 Å². The molecular formula is C31H43N7O7. The largest absolute Gasteiger partial charge is 0.444 e. The van der Waals surface area contributed by atoms with Gasteiger partial charge in [-0.05, 0) is 66.9 Å². The summed E-state index contributed by atoms with van der Waals surface area (Å²) < 4.78 is 17.0. The van der Waals surface area contributed by atoms with Crippen LogP contribution in [-0.2, 0) is 27.5 Å². The van der Waals surface area contributed by atoms with Crippen LogP contribution in [0.1, 0.15) is 84.7 Å². The highest BCUT2D eigenvalue weighted by Crippen LogP contribution is 2.38. The molecule has 4 amide bonds. The standard InChI is InChI=1S/C31H43N7O7/c1-20(32-27(39)44-30(2,3)4)35-15-23(16-35)36(29(41)45-31(5,6)7)18-25-33-34-26(43-25)24-14-13-22-17-37(24)28(40)38(22)42-19-21-11-9-8-10-12-21/h8-12,22-24H,13-19H2,1-7H3/t22-,24+/m1/s1. The second-order valence-corrected chi connectivity index (χ2v) is 13.6. The number of aromatic nitrogens is 2. The quantitative estimate of drug-likeness (QED) is 0.307. The van der Waals surface area contributed by atoms with Gasteiger partial charge in [0.25, 0.3) is 0 Å². The Hall–Kier alpha value is -4.20. The first-order chi connectivity index (χ1) is 21.2. The summed E-state index contributed by atoms with van der Waals surface area (Å²) in [5.74, 6) is 1.05. The number of nitrogens with zero attached hydrogens (tertiary/aromatic N) is 7. The SMILES string of the molecule is CC(=NC(=O)OC(C)(C)C)N1CC(N(Cc2nnc([C@@H]3CC[C@@H]4CN3C(=O)N4OCc3ccccc3)o2)C(=O)OC(C)(C)C)C1. The number of carbonyl (C=O) groups excluding carboxylic acids is 3. The number of amides is 4. The van der Waals surface area contributed by atoms with Crippen LogP contribution in [0.4, 0.5) is 14.4 Å². The van der Waals surface area contributed by atoms with Gasteiger partial charge in [-0.15, -0.1) is 10.2 Å². The van der Waals surface area contributed by atoms with Crippen LogP contribution in [0, 0.1) is 0 Å². The number of likely N-dealkylation sites (tertiary alicyclic amines) is 1. The third kappa shape index (κ3) is 7.91. The van der Waals surface area contributed by atoms with Crippen molar-refractivity contribution in [3.8, 4) is 0 Å². The highest BCUT2D eigenvalue weighted by Gasteiger charge is 2.48. The van der Waals surface area contributed by atoms with Crippen LogP contribution in [0.3, 0.4) is 0 Å². The summed E-state index contributed by atoms with van der Waals surface area (Å²) in [6.45, 7) is 14.2. The zero-order valence-corrected chi connectivity index (χ0v) is 27.1. The second kappa shape index (κ2) is 12.7. The first kappa shape index (κ1) is 32.2. The molecule has 3 saturated heterocycles. The number of hydrogen-bond donors (Lipinski definition) is 0. The molecule has 0 spiro atoms. The lowest BCUT2D eigenvalue weighted by Crippen LogP contribution is -2.62. The van der Waals surface area contributed by atoms with E-state index in [-0.39, 0.29) is 36.6 Å². The number of piperidine rings is 1. The molecule has 244 valence electrons. The maximum absolute atomic E-state index is 13.3. The van der Waals surface area contributed by atoms with Crippen molar-refractivity contribution in [3.63, 3.8) is 0 Å². The summed E-state index contributed by atoms with van der Waals surface area (Å²) in [5.41, 5.74) is -0.378. The number of rotatable bonds is 7. The average Bonchev–Trinajstić information content (AvgIpc) is 3.47. The molecule has 2 bridgehead atoms. The molecule has 0 aliphatic carbocycles. The number of ether oxygens (including phenoxy) is 2. The van der Waals surface area contributed by atoms with Crippen molar-refractivity contribution in [2.45, 2.75) is 104 Å². The average molecular weight is 626 g/mol. The van der Waals surface area contributed by atoms with Gasteiger partial charge in [0.15, 0.2) is 0 Å². The van der Waals surface area contributed by atoms with Gasteiger partial charge in [-0.2, -0.15) is 10.1 Å². The molecule has 0 N–H and O–H groups in total. The van der Waals surface area contributed by atoms with E-state index in [9.17, 15) is 14.4 Å². The van der Waals surface area contributed by atoms with Crippen molar-refractivity contribution < 1.29 is 33.1 Å². The molecule has 5 rings (SSSR count). The zero-order chi connectivity index (χ0) is 32.5. The van der Waals surface area contributed by atoms with Gasteiger partial charge in [0.2, 0.25) is 11.8 Å². The molecule has 2 aromatic rings. The van der Waals surface area contributed by atoms with Crippen molar-refractivity contribution in [2.75, 3.05) is 19.6 Å². The Morgan fingerprint density at radius 1 is 1.00 bits per heavy atom. The van der Waals surface area contributed by atoms with Crippen LogP contribution in [0.15, 0.2) is 39.7 Å². The molecule has 1 aromatic carbocycles. The van der Waals surface area contributed by atoms with E-state index in [0.717, 1.165) is 12.0 Å². The molecule has 3 aliphatic rings. The fourth-order valence-electron chi connectivity index (χ4n) is 5.45. The summed E-state index contributed by atoms with van der Waals surface area (Å²) in [5, 5.41) is 9.97. The molecule has 0 saturated carbocycles. The molecule has 14 heteroatoms. The van der Waals surface area contributed by atoms with Gasteiger partial charge in [-0.25, -0.2) is 14.4 Å². The lowest BCUT2D eigenvalue weighted by Gasteiger charge is -2.45. The summed E-state index contributed by atoms with van der Waals surface area (Å²) in [6.07, 6.45) is 0.190. The summed E-state index contributed by atoms with van der Waals surface area (Å²) >= 11 is 0. The first-order valence-corrected chi connectivity index (χ1v) is 15.3. The third-order valence-electron chi connectivity index (χ3n) is 7.64. The second-order valence-electron chi connectivity index (χ2n) is 13.6. The summed E-state index contributed by atoms with van der Waals surface area (Å²) in [4.78, 5) is 53.8. The zero-order valence-electron chi connectivity index (χ0n) is 27.1. The molecule has 4 heterocycles. The Morgan fingerprint density at radius 3 is 2.36 bits per heavy atom. The molecule has 45 heavy (non-hydrogen) atoms. The Kier molecular flexibility index (Phi) is 9.06. The van der Waals surface area contributed by atoms with E-state index in [4.69, 9.17) is 18.7 Å². The Bertz CT molecular complexity index is 1410. The van der Waals surface area contributed by atoms with Gasteiger partial charge in [0.1, 0.15) is 36.2 Å². The van der Waals surface area contributed by atoms with E-state index in [1.165, 1.54) is 5.06 Å². The van der Waals surface area contributed by atoms with Crippen molar-refractivity contribution in [1.29, 1.82) is 0 Å². The molecular weight excluding hydrogens is 582 g/mol. The van der Waals surface area contributed by atoms with Crippen molar-refractivity contribution in [1.82, 2.24) is 30.0 Å². The van der Waals surface area contributed by atoms with Crippen molar-refractivity contribution in [3.05, 3.63) is 47.7 Å². The number of hydroxylamine groups is 2. The van der Waals surface area contributed by atoms with Gasteiger partial charge in [0, 0.05) is 19.6 Å². The third-order valence-corrected chi connectivity index (χ3v) is 7.64. The van der Waals surface area contributed by atoms with Crippen LogP contribution < -0.4 is 0 Å². The monoisotopic (exact) mass is 625 g/mol. The van der Waals surface area contributed by atoms with Crippen LogP contribution >= 0.6 is 0 Å². The lowest BCUT2D eigenvalue weighted by atomic mass is 10.0. The van der Waals surface area contributed by atoms with Gasteiger partial charge in [0.05, 0.1) is 12.1 Å². The Balaban J connectivity index is 1.23. The number of carbonyl (C=O) groups is 3. The number of amidine groups is 1. The van der Waals surface area contributed by atoms with Crippen molar-refractivity contribution in [2.24, 2.45) is 4.99 Å². The smallest absolute Gasteiger partial charge is 0.435 e. The predicted molar refractivity (Wildman–Crippen MR) is 162 cm³/mol. The fraction of sp³-hybridized carbons (Fsp3) is 0.613. The number of aliphatic imine (C=N–C) groups is 1. The van der Waals surface area contributed by atoms with Crippen LogP contribution in [0.25, 0.3) is 0 Å². The molecule has 3 aliphatic heterocycles. The van der Waals surface area contributed by atoms with E-state index in [1.807, 2.05) is 35.2 Å². The van der Waals surface area contributed by atoms with E-state index >= 15 is 0 Å². The number of benzene rings is 1. The number of hydrogen-bond acceptors (Lipinski definition) is 9. The molecule has 2 atom stereocenters. The summed E-state index contributed by atoms with van der Waals surface area (Å²) in [7, 11) is 0. The number of fused-ring (bicyclic) bond motifs is 2. The lowest BCUT2D eigenvalue weighted by molar-refractivity contribution is -0.140. The summed E-state index contributed by atoms with van der Waals surface area (Å²) in [6, 6.07) is 8.80. The topological polar surface area (TPSA) is 143 Å². The highest BCUT2D eigenvalue weighted by molar-refractivity contribution is 5.91. The molecule has 14 nitrogen and oxygen atoms in total. The minimum atomic E-state index is -0.712. The van der Waals surface area contributed by atoms with Crippen LogP contribution in [0.2, 0.25) is 0 Å². The fourth-order valence-corrected chi connectivity index (χ4v) is 5.45. The molecule has 0 unspecified atom stereocenters. The molecule has 0 radical (unpaired) electrons. The van der Waals surface area contributed by atoms with Crippen molar-refractivity contribution >= 4 is 24.1 Å². The molecule has 1 aromatic heterocycles. The predicted octanol–water partition coefficient (Wildman–Crippen LogP) is 4.92.